The molecule has 0 fully saturated rings. The Morgan fingerprint density at radius 2 is 2.00 bits per heavy atom. The van der Waals surface area contributed by atoms with Crippen LogP contribution in [0, 0.1) is 13.8 Å². The average molecular weight is 247 g/mol. The first-order valence-electron chi connectivity index (χ1n) is 5.27. The molecular formula is C13H13NO2S. The van der Waals surface area contributed by atoms with E-state index in [0.29, 0.717) is 6.47 Å². The van der Waals surface area contributed by atoms with Gasteiger partial charge in [-0.3, -0.25) is 4.79 Å². The van der Waals surface area contributed by atoms with E-state index in [0.717, 1.165) is 16.3 Å². The van der Waals surface area contributed by atoms with E-state index in [2.05, 4.69) is 41.8 Å². The number of hydrogen-bond acceptors (Lipinski definition) is 4. The number of thiazole rings is 1. The van der Waals surface area contributed by atoms with Crippen molar-refractivity contribution in [2.75, 3.05) is 0 Å². The molecule has 1 heterocycles. The van der Waals surface area contributed by atoms with Gasteiger partial charge in [-0.1, -0.05) is 17.2 Å². The van der Waals surface area contributed by atoms with Gasteiger partial charge in [-0.25, -0.2) is 4.98 Å². The Hall–Kier alpha value is -1.68. The fourth-order valence-electron chi connectivity index (χ4n) is 1.72. The molecule has 2 aromatic rings. The number of ether oxygens (including phenoxy) is 1. The molecular weight excluding hydrogens is 234 g/mol. The number of benzene rings is 1. The third-order valence-corrected chi connectivity index (χ3v) is 3.26. The molecule has 0 radical (unpaired) electrons. The first kappa shape index (κ1) is 11.8. The van der Waals surface area contributed by atoms with E-state index in [1.165, 1.54) is 11.1 Å². The van der Waals surface area contributed by atoms with Gasteiger partial charge in [-0.15, -0.1) is 11.3 Å². The number of hydrogen-bond donors (Lipinski definition) is 0. The van der Waals surface area contributed by atoms with Crippen LogP contribution in [0.15, 0.2) is 23.6 Å². The molecule has 0 bridgehead atoms. The minimum absolute atomic E-state index is 0.241. The number of nitrogens with zero attached hydrogens (tertiary/aromatic N) is 1. The summed E-state index contributed by atoms with van der Waals surface area (Å²) in [5, 5.41) is 2.87. The Bertz CT molecular complexity index is 514. The molecule has 0 N–H and O–H groups in total. The van der Waals surface area contributed by atoms with Gasteiger partial charge in [0, 0.05) is 10.9 Å². The molecule has 0 spiro atoms. The number of rotatable bonds is 4. The zero-order valence-corrected chi connectivity index (χ0v) is 10.6. The fraction of sp³-hybridized carbons (Fsp3) is 0.231. The van der Waals surface area contributed by atoms with E-state index in [-0.39, 0.29) is 6.61 Å². The second-order valence-corrected chi connectivity index (χ2v) is 4.79. The number of aromatic nitrogens is 1. The van der Waals surface area contributed by atoms with Crippen LogP contribution in [-0.4, -0.2) is 11.5 Å². The third kappa shape index (κ3) is 2.91. The van der Waals surface area contributed by atoms with E-state index >= 15 is 0 Å². The highest BCUT2D eigenvalue weighted by Gasteiger charge is 2.06. The molecule has 0 amide bonds. The van der Waals surface area contributed by atoms with Crippen LogP contribution in [-0.2, 0) is 16.1 Å². The molecule has 0 unspecified atom stereocenters. The van der Waals surface area contributed by atoms with E-state index in [1.54, 1.807) is 11.3 Å². The van der Waals surface area contributed by atoms with Crippen molar-refractivity contribution < 1.29 is 9.53 Å². The minimum atomic E-state index is 0.241. The lowest BCUT2D eigenvalue weighted by atomic mass is 10.1. The van der Waals surface area contributed by atoms with Crippen LogP contribution in [0.1, 0.15) is 16.8 Å². The van der Waals surface area contributed by atoms with Crippen molar-refractivity contribution in [3.05, 3.63) is 40.4 Å². The van der Waals surface area contributed by atoms with Crippen LogP contribution in [0.2, 0.25) is 0 Å². The van der Waals surface area contributed by atoms with Gasteiger partial charge in [0.2, 0.25) is 0 Å². The lowest BCUT2D eigenvalue weighted by molar-refractivity contribution is -0.129. The highest BCUT2D eigenvalue weighted by molar-refractivity contribution is 7.13. The fourth-order valence-corrected chi connectivity index (χ4v) is 2.52. The Kier molecular flexibility index (Phi) is 3.54. The van der Waals surface area contributed by atoms with Gasteiger partial charge >= 0.3 is 0 Å². The maximum absolute atomic E-state index is 10.1. The number of carbonyl (C=O) groups is 1. The molecule has 0 aliphatic carbocycles. The molecule has 0 saturated carbocycles. The molecule has 0 saturated heterocycles. The van der Waals surface area contributed by atoms with Crippen molar-refractivity contribution in [1.82, 2.24) is 4.98 Å². The molecule has 3 nitrogen and oxygen atoms in total. The molecule has 88 valence electrons. The van der Waals surface area contributed by atoms with E-state index in [4.69, 9.17) is 0 Å². The van der Waals surface area contributed by atoms with E-state index in [9.17, 15) is 4.79 Å². The molecule has 0 aliphatic rings. The molecule has 0 aliphatic heterocycles. The van der Waals surface area contributed by atoms with Gasteiger partial charge in [-0.2, -0.15) is 0 Å². The second kappa shape index (κ2) is 5.10. The molecule has 0 atom stereocenters. The lowest BCUT2D eigenvalue weighted by Crippen LogP contribution is -1.90. The van der Waals surface area contributed by atoms with Gasteiger partial charge in [-0.05, 0) is 26.0 Å². The van der Waals surface area contributed by atoms with Crippen LogP contribution in [0.4, 0.5) is 0 Å². The topological polar surface area (TPSA) is 39.2 Å². The van der Waals surface area contributed by atoms with Gasteiger partial charge in [0.05, 0.1) is 5.69 Å². The Morgan fingerprint density at radius 1 is 1.29 bits per heavy atom. The Morgan fingerprint density at radius 3 is 2.65 bits per heavy atom. The highest BCUT2D eigenvalue weighted by Crippen LogP contribution is 2.25. The van der Waals surface area contributed by atoms with Crippen LogP contribution in [0.25, 0.3) is 10.6 Å². The summed E-state index contributed by atoms with van der Waals surface area (Å²) in [6, 6.07) is 6.35. The summed E-state index contributed by atoms with van der Waals surface area (Å²) >= 11 is 1.56. The van der Waals surface area contributed by atoms with Gasteiger partial charge in [0.15, 0.2) is 0 Å². The normalized spacial score (nSPS) is 10.2. The predicted molar refractivity (Wildman–Crippen MR) is 67.9 cm³/mol. The third-order valence-electron chi connectivity index (χ3n) is 2.32. The highest BCUT2D eigenvalue weighted by atomic mass is 32.1. The van der Waals surface area contributed by atoms with Crippen LogP contribution in [0.5, 0.6) is 0 Å². The number of carbonyl (C=O) groups excluding carboxylic acids is 1. The number of aryl methyl sites for hydroxylation is 2. The quantitative estimate of drug-likeness (QED) is 0.779. The first-order chi connectivity index (χ1) is 8.19. The maximum Gasteiger partial charge on any atom is 0.293 e. The van der Waals surface area contributed by atoms with Crippen molar-refractivity contribution in [2.45, 2.75) is 20.5 Å². The summed E-state index contributed by atoms with van der Waals surface area (Å²) in [5.74, 6) is 0. The minimum Gasteiger partial charge on any atom is -0.461 e. The van der Waals surface area contributed by atoms with Crippen molar-refractivity contribution >= 4 is 17.8 Å². The van der Waals surface area contributed by atoms with Gasteiger partial charge < -0.3 is 4.74 Å². The summed E-state index contributed by atoms with van der Waals surface area (Å²) in [5.41, 5.74) is 4.35. The predicted octanol–water partition coefficient (Wildman–Crippen LogP) is 3.10. The van der Waals surface area contributed by atoms with Crippen LogP contribution in [0.3, 0.4) is 0 Å². The second-order valence-electron chi connectivity index (χ2n) is 3.93. The van der Waals surface area contributed by atoms with E-state index < -0.39 is 0 Å². The smallest absolute Gasteiger partial charge is 0.293 e. The molecule has 4 heteroatoms. The van der Waals surface area contributed by atoms with Crippen molar-refractivity contribution in [2.24, 2.45) is 0 Å². The maximum atomic E-state index is 10.1. The van der Waals surface area contributed by atoms with Gasteiger partial charge in [0.1, 0.15) is 11.6 Å². The first-order valence-corrected chi connectivity index (χ1v) is 6.15. The molecule has 1 aromatic heterocycles. The van der Waals surface area contributed by atoms with Crippen molar-refractivity contribution in [1.29, 1.82) is 0 Å². The van der Waals surface area contributed by atoms with Crippen LogP contribution < -0.4 is 0 Å². The zero-order chi connectivity index (χ0) is 12.3. The van der Waals surface area contributed by atoms with Crippen LogP contribution >= 0.6 is 11.3 Å². The standard InChI is InChI=1S/C13H13NO2S/c1-9-3-10(2)5-11(4-9)13-14-12(7-17-13)6-16-8-15/h3-5,7-8H,6H2,1-2H3. The van der Waals surface area contributed by atoms with Crippen molar-refractivity contribution in [3.8, 4) is 10.6 Å². The Labute approximate surface area is 104 Å². The summed E-state index contributed by atoms with van der Waals surface area (Å²) in [4.78, 5) is 14.5. The molecule has 17 heavy (non-hydrogen) atoms. The summed E-state index contributed by atoms with van der Waals surface area (Å²) in [6.07, 6.45) is 0. The zero-order valence-electron chi connectivity index (χ0n) is 9.77. The molecule has 1 aromatic carbocycles. The summed E-state index contributed by atoms with van der Waals surface area (Å²) in [6.45, 7) is 4.82. The Balaban J connectivity index is 2.26. The largest absolute Gasteiger partial charge is 0.461 e. The van der Waals surface area contributed by atoms with Gasteiger partial charge in [0.25, 0.3) is 6.47 Å². The lowest BCUT2D eigenvalue weighted by Gasteiger charge is -2.01. The molecule has 2 rings (SSSR count). The van der Waals surface area contributed by atoms with E-state index in [1.807, 2.05) is 5.38 Å². The van der Waals surface area contributed by atoms with Crippen molar-refractivity contribution in [3.63, 3.8) is 0 Å². The summed E-state index contributed by atoms with van der Waals surface area (Å²) in [7, 11) is 0. The monoisotopic (exact) mass is 247 g/mol. The summed E-state index contributed by atoms with van der Waals surface area (Å²) < 4.78 is 4.68. The SMILES string of the molecule is Cc1cc(C)cc(-c2nc(COC=O)cs2)c1. The average Bonchev–Trinajstić information content (AvgIpc) is 2.73.